The molecule has 0 aromatic heterocycles. The summed E-state index contributed by atoms with van der Waals surface area (Å²) in [5.74, 6) is 0.483. The number of likely N-dealkylation sites (N-methyl/N-ethyl adjacent to an activating group) is 1. The zero-order valence-electron chi connectivity index (χ0n) is 11.1. The molecule has 0 radical (unpaired) electrons. The first-order valence-electron chi connectivity index (χ1n) is 6.20. The van der Waals surface area contributed by atoms with Crippen molar-refractivity contribution < 1.29 is 14.3 Å². The van der Waals surface area contributed by atoms with E-state index < -0.39 is 0 Å². The van der Waals surface area contributed by atoms with Crippen molar-refractivity contribution in [3.05, 3.63) is 0 Å². The fourth-order valence-corrected chi connectivity index (χ4v) is 2.07. The first-order chi connectivity index (χ1) is 8.17. The van der Waals surface area contributed by atoms with E-state index in [4.69, 9.17) is 9.47 Å². The van der Waals surface area contributed by atoms with Crippen molar-refractivity contribution in [3.63, 3.8) is 0 Å². The Morgan fingerprint density at radius 1 is 1.65 bits per heavy atom. The molecule has 0 spiro atoms. The number of carbonyl (C=O) groups is 1. The molecule has 2 atom stereocenters. The highest BCUT2D eigenvalue weighted by molar-refractivity contribution is 5.76. The van der Waals surface area contributed by atoms with E-state index in [1.807, 2.05) is 18.9 Å². The molecular formula is C12H24N2O3. The van der Waals surface area contributed by atoms with Crippen LogP contribution < -0.4 is 5.32 Å². The normalized spacial score (nSPS) is 22.5. The predicted molar refractivity (Wildman–Crippen MR) is 65.9 cm³/mol. The lowest BCUT2D eigenvalue weighted by Crippen LogP contribution is -2.48. The molecule has 5 heteroatoms. The predicted octanol–water partition coefficient (Wildman–Crippen LogP) is 0.106. The molecule has 1 saturated heterocycles. The Morgan fingerprint density at radius 3 is 3.06 bits per heavy atom. The van der Waals surface area contributed by atoms with E-state index in [2.05, 4.69) is 5.32 Å². The van der Waals surface area contributed by atoms with E-state index >= 15 is 0 Å². The second kappa shape index (κ2) is 7.63. The topological polar surface area (TPSA) is 50.8 Å². The molecule has 5 nitrogen and oxygen atoms in total. The van der Waals surface area contributed by atoms with Crippen molar-refractivity contribution in [2.75, 3.05) is 47.0 Å². The van der Waals surface area contributed by atoms with Gasteiger partial charge in [-0.05, 0) is 13.0 Å². The van der Waals surface area contributed by atoms with E-state index in [-0.39, 0.29) is 17.9 Å². The Balaban J connectivity index is 2.35. The van der Waals surface area contributed by atoms with Gasteiger partial charge in [0.1, 0.15) is 0 Å². The largest absolute Gasteiger partial charge is 0.384 e. The maximum Gasteiger partial charge on any atom is 0.223 e. The highest BCUT2D eigenvalue weighted by atomic mass is 16.5. The minimum atomic E-state index is 0.121. The summed E-state index contributed by atoms with van der Waals surface area (Å²) in [5.41, 5.74) is 0. The molecular weight excluding hydrogens is 220 g/mol. The van der Waals surface area contributed by atoms with Crippen molar-refractivity contribution in [3.8, 4) is 0 Å². The van der Waals surface area contributed by atoms with Crippen molar-refractivity contribution in [2.24, 2.45) is 5.92 Å². The quantitative estimate of drug-likeness (QED) is 0.720. The molecule has 2 unspecified atom stereocenters. The number of amides is 1. The van der Waals surface area contributed by atoms with Gasteiger partial charge in [-0.1, -0.05) is 6.92 Å². The molecule has 1 aliphatic heterocycles. The first-order valence-corrected chi connectivity index (χ1v) is 6.20. The van der Waals surface area contributed by atoms with Gasteiger partial charge in [0.15, 0.2) is 0 Å². The third-order valence-electron chi connectivity index (χ3n) is 2.90. The Morgan fingerprint density at radius 2 is 2.41 bits per heavy atom. The molecule has 1 heterocycles. The van der Waals surface area contributed by atoms with Crippen LogP contribution in [0.25, 0.3) is 0 Å². The van der Waals surface area contributed by atoms with Gasteiger partial charge < -0.3 is 19.7 Å². The molecule has 0 aliphatic carbocycles. The minimum Gasteiger partial charge on any atom is -0.384 e. The maximum absolute atomic E-state index is 12.0. The van der Waals surface area contributed by atoms with Gasteiger partial charge in [-0.3, -0.25) is 4.79 Å². The molecule has 1 N–H and O–H groups in total. The number of nitrogens with zero attached hydrogens (tertiary/aromatic N) is 1. The lowest BCUT2D eigenvalue weighted by molar-refractivity contribution is -0.139. The lowest BCUT2D eigenvalue weighted by Gasteiger charge is -2.33. The minimum absolute atomic E-state index is 0.121. The standard InChI is InChI=1S/C12H24N2O3/c1-10(9-16-3)6-12(15)14-4-5-17-11(8-14)7-13-2/h10-11,13H,4-9H2,1-3H3. The lowest BCUT2D eigenvalue weighted by atomic mass is 10.1. The molecule has 0 bridgehead atoms. The van der Waals surface area contributed by atoms with Gasteiger partial charge in [0.25, 0.3) is 0 Å². The molecule has 1 amide bonds. The van der Waals surface area contributed by atoms with Crippen LogP contribution in [0, 0.1) is 5.92 Å². The summed E-state index contributed by atoms with van der Waals surface area (Å²) in [6.45, 7) is 5.50. The molecule has 1 aliphatic rings. The van der Waals surface area contributed by atoms with E-state index in [1.54, 1.807) is 7.11 Å². The summed E-state index contributed by atoms with van der Waals surface area (Å²) in [4.78, 5) is 13.9. The molecule has 100 valence electrons. The van der Waals surface area contributed by atoms with Gasteiger partial charge in [0.05, 0.1) is 12.7 Å². The number of morpholine rings is 1. The number of methoxy groups -OCH3 is 1. The Kier molecular flexibility index (Phi) is 6.47. The van der Waals surface area contributed by atoms with Gasteiger partial charge >= 0.3 is 0 Å². The highest BCUT2D eigenvalue weighted by Crippen LogP contribution is 2.10. The SMILES string of the molecule is CNCC1CN(C(=O)CC(C)COC)CCO1. The average Bonchev–Trinajstić information content (AvgIpc) is 2.30. The molecule has 1 fully saturated rings. The number of rotatable bonds is 6. The van der Waals surface area contributed by atoms with Crippen molar-refractivity contribution in [1.82, 2.24) is 10.2 Å². The monoisotopic (exact) mass is 244 g/mol. The zero-order chi connectivity index (χ0) is 12.7. The van der Waals surface area contributed by atoms with Gasteiger partial charge in [-0.25, -0.2) is 0 Å². The van der Waals surface area contributed by atoms with Crippen LogP contribution in [0.2, 0.25) is 0 Å². The van der Waals surface area contributed by atoms with Crippen molar-refractivity contribution >= 4 is 5.91 Å². The van der Waals surface area contributed by atoms with Crippen LogP contribution in [0.4, 0.5) is 0 Å². The number of hydrogen-bond donors (Lipinski definition) is 1. The summed E-state index contributed by atoms with van der Waals surface area (Å²) in [6.07, 6.45) is 0.676. The number of hydrogen-bond acceptors (Lipinski definition) is 4. The van der Waals surface area contributed by atoms with Crippen LogP contribution in [0.3, 0.4) is 0 Å². The third-order valence-corrected chi connectivity index (χ3v) is 2.90. The Hall–Kier alpha value is -0.650. The van der Waals surface area contributed by atoms with Crippen LogP contribution in [0.5, 0.6) is 0 Å². The van der Waals surface area contributed by atoms with Crippen LogP contribution in [-0.2, 0) is 14.3 Å². The zero-order valence-corrected chi connectivity index (χ0v) is 11.1. The van der Waals surface area contributed by atoms with E-state index in [9.17, 15) is 4.79 Å². The molecule has 0 saturated carbocycles. The first kappa shape index (κ1) is 14.4. The number of ether oxygens (including phenoxy) is 2. The van der Waals surface area contributed by atoms with Gasteiger partial charge in [-0.15, -0.1) is 0 Å². The fraction of sp³-hybridized carbons (Fsp3) is 0.917. The van der Waals surface area contributed by atoms with Crippen molar-refractivity contribution in [1.29, 1.82) is 0 Å². The van der Waals surface area contributed by atoms with Gasteiger partial charge in [-0.2, -0.15) is 0 Å². The Bertz CT molecular complexity index is 234. The van der Waals surface area contributed by atoms with Gasteiger partial charge in [0.2, 0.25) is 5.91 Å². The van der Waals surface area contributed by atoms with Crippen LogP contribution >= 0.6 is 0 Å². The van der Waals surface area contributed by atoms with E-state index in [0.717, 1.165) is 6.54 Å². The van der Waals surface area contributed by atoms with Crippen LogP contribution in [0.15, 0.2) is 0 Å². The third kappa shape index (κ3) is 5.02. The van der Waals surface area contributed by atoms with E-state index in [1.165, 1.54) is 0 Å². The highest BCUT2D eigenvalue weighted by Gasteiger charge is 2.24. The summed E-state index contributed by atoms with van der Waals surface area (Å²) < 4.78 is 10.6. The number of carbonyl (C=O) groups excluding carboxylic acids is 1. The van der Waals surface area contributed by atoms with Gasteiger partial charge in [0, 0.05) is 39.8 Å². The number of nitrogens with one attached hydrogen (secondary N) is 1. The molecule has 17 heavy (non-hydrogen) atoms. The fourth-order valence-electron chi connectivity index (χ4n) is 2.07. The van der Waals surface area contributed by atoms with Crippen LogP contribution in [-0.4, -0.2) is 63.9 Å². The van der Waals surface area contributed by atoms with Crippen molar-refractivity contribution in [2.45, 2.75) is 19.4 Å². The maximum atomic E-state index is 12.0. The molecule has 0 aromatic carbocycles. The summed E-state index contributed by atoms with van der Waals surface area (Å²) >= 11 is 0. The summed E-state index contributed by atoms with van der Waals surface area (Å²) in [6, 6.07) is 0. The van der Waals surface area contributed by atoms with E-state index in [0.29, 0.717) is 32.7 Å². The summed E-state index contributed by atoms with van der Waals surface area (Å²) in [7, 11) is 3.56. The molecule has 0 aromatic rings. The smallest absolute Gasteiger partial charge is 0.223 e. The second-order valence-electron chi connectivity index (χ2n) is 4.65. The Labute approximate surface area is 103 Å². The average molecular weight is 244 g/mol. The second-order valence-corrected chi connectivity index (χ2v) is 4.65. The van der Waals surface area contributed by atoms with Crippen LogP contribution in [0.1, 0.15) is 13.3 Å². The molecule has 1 rings (SSSR count). The summed E-state index contributed by atoms with van der Waals surface area (Å²) in [5, 5.41) is 3.08.